The molecule has 0 aromatic carbocycles. The van der Waals surface area contributed by atoms with Gasteiger partial charge in [0.25, 0.3) is 0 Å². The molecule has 0 aliphatic heterocycles. The topological polar surface area (TPSA) is 61.8 Å². The molecule has 1 amide bonds. The Labute approximate surface area is 117 Å². The Bertz CT molecular complexity index is 233. The number of hydrogen-bond acceptors (Lipinski definition) is 4. The van der Waals surface area contributed by atoms with Gasteiger partial charge in [-0.15, -0.1) is 0 Å². The highest BCUT2D eigenvalue weighted by molar-refractivity contribution is 5.78. The molecule has 0 unspecified atom stereocenters. The second kappa shape index (κ2) is 11.2. The van der Waals surface area contributed by atoms with Crippen molar-refractivity contribution < 1.29 is 14.6 Å². The average molecular weight is 274 g/mol. The molecule has 0 aliphatic carbocycles. The van der Waals surface area contributed by atoms with Crippen molar-refractivity contribution in [3.05, 3.63) is 0 Å². The summed E-state index contributed by atoms with van der Waals surface area (Å²) in [7, 11) is 0. The summed E-state index contributed by atoms with van der Waals surface area (Å²) in [6.45, 7) is 10.7. The maximum Gasteiger partial charge on any atom is 0.234 e. The summed E-state index contributed by atoms with van der Waals surface area (Å²) in [6.07, 6.45) is 1.78. The van der Waals surface area contributed by atoms with Gasteiger partial charge in [-0.1, -0.05) is 0 Å². The lowest BCUT2D eigenvalue weighted by Gasteiger charge is -2.25. The van der Waals surface area contributed by atoms with Gasteiger partial charge < -0.3 is 15.2 Å². The van der Waals surface area contributed by atoms with Gasteiger partial charge in [-0.25, -0.2) is 0 Å². The molecule has 0 heterocycles. The Kier molecular flexibility index (Phi) is 10.8. The molecule has 114 valence electrons. The van der Waals surface area contributed by atoms with Crippen LogP contribution in [0.4, 0.5) is 0 Å². The van der Waals surface area contributed by atoms with Gasteiger partial charge in [0.2, 0.25) is 5.91 Å². The summed E-state index contributed by atoms with van der Waals surface area (Å²) >= 11 is 0. The number of carbonyl (C=O) groups excluding carboxylic acids is 1. The minimum atomic E-state index is 0.0381. The monoisotopic (exact) mass is 274 g/mol. The van der Waals surface area contributed by atoms with Crippen LogP contribution in [-0.4, -0.2) is 60.9 Å². The summed E-state index contributed by atoms with van der Waals surface area (Å²) in [5.41, 5.74) is 0. The predicted octanol–water partition coefficient (Wildman–Crippen LogP) is 1.01. The highest BCUT2D eigenvalue weighted by Gasteiger charge is 2.13. The first-order valence-electron chi connectivity index (χ1n) is 7.20. The number of nitrogens with zero attached hydrogens (tertiary/aromatic N) is 1. The first-order valence-corrected chi connectivity index (χ1v) is 7.20. The molecule has 0 fully saturated rings. The molecule has 19 heavy (non-hydrogen) atoms. The molecule has 0 aromatic rings. The first kappa shape index (κ1) is 18.4. The van der Waals surface area contributed by atoms with E-state index < -0.39 is 0 Å². The van der Waals surface area contributed by atoms with E-state index in [2.05, 4.69) is 24.1 Å². The minimum absolute atomic E-state index is 0.0381. The first-order chi connectivity index (χ1) is 8.97. The molecule has 5 heteroatoms. The third-order valence-corrected chi connectivity index (χ3v) is 2.77. The van der Waals surface area contributed by atoms with Crippen LogP contribution in [0.3, 0.4) is 0 Å². The predicted molar refractivity (Wildman–Crippen MR) is 77.1 cm³/mol. The van der Waals surface area contributed by atoms with E-state index in [4.69, 9.17) is 9.84 Å². The third-order valence-electron chi connectivity index (χ3n) is 2.77. The second-order valence-electron chi connectivity index (χ2n) is 5.26. The number of nitrogens with one attached hydrogen (secondary N) is 1. The Morgan fingerprint density at radius 3 is 2.47 bits per heavy atom. The standard InChI is InChI=1S/C14H30N2O3/c1-12(2)16(8-6-9-17)11-14(18)15-7-5-10-19-13(3)4/h12-13,17H,5-11H2,1-4H3,(H,15,18). The van der Waals surface area contributed by atoms with Crippen LogP contribution in [0.15, 0.2) is 0 Å². The van der Waals surface area contributed by atoms with E-state index in [1.807, 2.05) is 13.8 Å². The largest absolute Gasteiger partial charge is 0.396 e. The van der Waals surface area contributed by atoms with E-state index in [0.29, 0.717) is 32.2 Å². The van der Waals surface area contributed by atoms with Gasteiger partial charge in [0, 0.05) is 32.3 Å². The Balaban J connectivity index is 3.74. The van der Waals surface area contributed by atoms with Gasteiger partial charge >= 0.3 is 0 Å². The molecular weight excluding hydrogens is 244 g/mol. The van der Waals surface area contributed by atoms with E-state index in [0.717, 1.165) is 13.0 Å². The van der Waals surface area contributed by atoms with Crippen molar-refractivity contribution in [2.45, 2.75) is 52.7 Å². The quantitative estimate of drug-likeness (QED) is 0.552. The highest BCUT2D eigenvalue weighted by atomic mass is 16.5. The average Bonchev–Trinajstić information content (AvgIpc) is 2.33. The fourth-order valence-electron chi connectivity index (χ4n) is 1.65. The van der Waals surface area contributed by atoms with Crippen molar-refractivity contribution in [1.82, 2.24) is 10.2 Å². The van der Waals surface area contributed by atoms with Crippen LogP contribution in [0.25, 0.3) is 0 Å². The van der Waals surface area contributed by atoms with Crippen LogP contribution in [0, 0.1) is 0 Å². The zero-order valence-corrected chi connectivity index (χ0v) is 12.8. The molecule has 0 rings (SSSR count). The number of aliphatic hydroxyl groups is 1. The van der Waals surface area contributed by atoms with Crippen LogP contribution >= 0.6 is 0 Å². The second-order valence-corrected chi connectivity index (χ2v) is 5.26. The lowest BCUT2D eigenvalue weighted by atomic mass is 10.3. The maximum absolute atomic E-state index is 11.8. The summed E-state index contributed by atoms with van der Waals surface area (Å²) in [5.74, 6) is 0.0381. The zero-order valence-electron chi connectivity index (χ0n) is 12.8. The van der Waals surface area contributed by atoms with Crippen LogP contribution in [0.1, 0.15) is 40.5 Å². The molecule has 0 saturated heterocycles. The Morgan fingerprint density at radius 2 is 1.95 bits per heavy atom. The number of amides is 1. The Hall–Kier alpha value is -0.650. The van der Waals surface area contributed by atoms with Crippen LogP contribution in [-0.2, 0) is 9.53 Å². The summed E-state index contributed by atoms with van der Waals surface area (Å²) in [5, 5.41) is 11.7. The number of aliphatic hydroxyl groups excluding tert-OH is 1. The summed E-state index contributed by atoms with van der Waals surface area (Å²) in [6, 6.07) is 0.307. The van der Waals surface area contributed by atoms with E-state index in [9.17, 15) is 4.79 Å². The molecular formula is C14H30N2O3. The van der Waals surface area contributed by atoms with Crippen LogP contribution in [0.5, 0.6) is 0 Å². The van der Waals surface area contributed by atoms with Crippen LogP contribution in [0.2, 0.25) is 0 Å². The number of ether oxygens (including phenoxy) is 1. The fourth-order valence-corrected chi connectivity index (χ4v) is 1.65. The van der Waals surface area contributed by atoms with Gasteiger partial charge in [0.15, 0.2) is 0 Å². The smallest absolute Gasteiger partial charge is 0.234 e. The number of rotatable bonds is 11. The van der Waals surface area contributed by atoms with E-state index >= 15 is 0 Å². The molecule has 0 aliphatic rings. The van der Waals surface area contributed by atoms with Crippen molar-refractivity contribution in [3.63, 3.8) is 0 Å². The number of hydrogen-bond donors (Lipinski definition) is 2. The SMILES string of the molecule is CC(C)OCCCNC(=O)CN(CCCO)C(C)C. The molecule has 0 atom stereocenters. The third kappa shape index (κ3) is 10.9. The fraction of sp³-hybridized carbons (Fsp3) is 0.929. The van der Waals surface area contributed by atoms with Gasteiger partial charge in [-0.05, 0) is 40.5 Å². The maximum atomic E-state index is 11.8. The zero-order chi connectivity index (χ0) is 14.7. The molecule has 5 nitrogen and oxygen atoms in total. The van der Waals surface area contributed by atoms with E-state index in [-0.39, 0.29) is 18.6 Å². The van der Waals surface area contributed by atoms with Crippen LogP contribution < -0.4 is 5.32 Å². The van der Waals surface area contributed by atoms with Crippen molar-refractivity contribution in [2.24, 2.45) is 0 Å². The summed E-state index contributed by atoms with van der Waals surface area (Å²) in [4.78, 5) is 13.8. The normalized spacial score (nSPS) is 11.6. The summed E-state index contributed by atoms with van der Waals surface area (Å²) < 4.78 is 5.41. The molecule has 2 N–H and O–H groups in total. The Morgan fingerprint density at radius 1 is 1.26 bits per heavy atom. The van der Waals surface area contributed by atoms with Crippen molar-refractivity contribution in [1.29, 1.82) is 0 Å². The van der Waals surface area contributed by atoms with Gasteiger partial charge in [-0.3, -0.25) is 9.69 Å². The number of carbonyl (C=O) groups is 1. The molecule has 0 aromatic heterocycles. The van der Waals surface area contributed by atoms with Crippen molar-refractivity contribution >= 4 is 5.91 Å². The van der Waals surface area contributed by atoms with Crippen molar-refractivity contribution in [3.8, 4) is 0 Å². The molecule has 0 spiro atoms. The molecule has 0 bridgehead atoms. The molecule has 0 radical (unpaired) electrons. The lowest BCUT2D eigenvalue weighted by Crippen LogP contribution is -2.41. The van der Waals surface area contributed by atoms with Crippen molar-refractivity contribution in [2.75, 3.05) is 32.8 Å². The van der Waals surface area contributed by atoms with Gasteiger partial charge in [0.1, 0.15) is 0 Å². The van der Waals surface area contributed by atoms with Gasteiger partial charge in [0.05, 0.1) is 12.6 Å². The molecule has 0 saturated carbocycles. The van der Waals surface area contributed by atoms with Gasteiger partial charge in [-0.2, -0.15) is 0 Å². The lowest BCUT2D eigenvalue weighted by molar-refractivity contribution is -0.122. The highest BCUT2D eigenvalue weighted by Crippen LogP contribution is 1.99. The van der Waals surface area contributed by atoms with E-state index in [1.165, 1.54) is 0 Å². The minimum Gasteiger partial charge on any atom is -0.396 e. The van der Waals surface area contributed by atoms with E-state index in [1.54, 1.807) is 0 Å².